The molecule has 2 aromatic carbocycles. The highest BCUT2D eigenvalue weighted by atomic mass is 35.5. The third-order valence-corrected chi connectivity index (χ3v) is 4.22. The summed E-state index contributed by atoms with van der Waals surface area (Å²) in [7, 11) is 0. The van der Waals surface area contributed by atoms with Crippen LogP contribution in [0.1, 0.15) is 42.9 Å². The number of amides is 1. The average Bonchev–Trinajstić information content (AvgIpc) is 2.56. The first-order valence-corrected chi connectivity index (χ1v) is 8.23. The summed E-state index contributed by atoms with van der Waals surface area (Å²) < 4.78 is 13.8. The molecule has 1 N–H and O–H groups in total. The van der Waals surface area contributed by atoms with Crippen LogP contribution in [-0.2, 0) is 17.8 Å². The number of aryl methyl sites for hydroxylation is 1. The Balaban J connectivity index is 2.07. The van der Waals surface area contributed by atoms with Crippen molar-refractivity contribution in [3.05, 3.63) is 70.0 Å². The number of hydrogen-bond donors (Lipinski definition) is 1. The first kappa shape index (κ1) is 17.5. The molecule has 0 saturated carbocycles. The molecule has 0 fully saturated rings. The van der Waals surface area contributed by atoms with Crippen LogP contribution in [-0.4, -0.2) is 5.91 Å². The zero-order chi connectivity index (χ0) is 16.8. The van der Waals surface area contributed by atoms with Crippen molar-refractivity contribution in [2.75, 3.05) is 0 Å². The van der Waals surface area contributed by atoms with Gasteiger partial charge in [0.25, 0.3) is 0 Å². The van der Waals surface area contributed by atoms with Gasteiger partial charge >= 0.3 is 0 Å². The lowest BCUT2D eigenvalue weighted by Crippen LogP contribution is -2.29. The molecule has 0 saturated heterocycles. The van der Waals surface area contributed by atoms with E-state index in [0.717, 1.165) is 17.5 Å². The molecule has 2 nitrogen and oxygen atoms in total. The molecule has 0 bridgehead atoms. The first-order chi connectivity index (χ1) is 11.0. The quantitative estimate of drug-likeness (QED) is 0.804. The zero-order valence-electron chi connectivity index (χ0n) is 13.4. The number of benzene rings is 2. The van der Waals surface area contributed by atoms with Crippen LogP contribution in [0.25, 0.3) is 0 Å². The summed E-state index contributed by atoms with van der Waals surface area (Å²) in [5.74, 6) is -0.650. The number of carbonyl (C=O) groups is 1. The molecule has 2 aromatic rings. The molecule has 0 aliphatic heterocycles. The van der Waals surface area contributed by atoms with Gasteiger partial charge in [0, 0.05) is 17.1 Å². The molecule has 1 amide bonds. The summed E-state index contributed by atoms with van der Waals surface area (Å²) in [6, 6.07) is 12.3. The van der Waals surface area contributed by atoms with Gasteiger partial charge in [0.05, 0.1) is 5.92 Å². The summed E-state index contributed by atoms with van der Waals surface area (Å²) in [4.78, 5) is 12.4. The number of hydrogen-bond acceptors (Lipinski definition) is 1. The molecular formula is C19H21ClFNO. The van der Waals surface area contributed by atoms with Crippen molar-refractivity contribution in [2.24, 2.45) is 0 Å². The second kappa shape index (κ2) is 8.11. The van der Waals surface area contributed by atoms with Crippen LogP contribution >= 0.6 is 11.6 Å². The monoisotopic (exact) mass is 333 g/mol. The second-order valence-corrected chi connectivity index (χ2v) is 5.95. The van der Waals surface area contributed by atoms with Crippen molar-refractivity contribution >= 4 is 17.5 Å². The summed E-state index contributed by atoms with van der Waals surface area (Å²) in [6.45, 7) is 4.17. The third kappa shape index (κ3) is 4.55. The topological polar surface area (TPSA) is 29.1 Å². The van der Waals surface area contributed by atoms with Gasteiger partial charge in [0.15, 0.2) is 0 Å². The van der Waals surface area contributed by atoms with Crippen molar-refractivity contribution < 1.29 is 9.18 Å². The Hall–Kier alpha value is -1.87. The predicted molar refractivity (Wildman–Crippen MR) is 92.1 cm³/mol. The van der Waals surface area contributed by atoms with Crippen LogP contribution in [0.4, 0.5) is 4.39 Å². The Bertz CT molecular complexity index is 670. The van der Waals surface area contributed by atoms with Crippen LogP contribution in [0.3, 0.4) is 0 Å². The lowest BCUT2D eigenvalue weighted by atomic mass is 9.95. The average molecular weight is 334 g/mol. The van der Waals surface area contributed by atoms with Gasteiger partial charge in [-0.3, -0.25) is 4.79 Å². The Labute approximate surface area is 141 Å². The van der Waals surface area contributed by atoms with E-state index >= 15 is 0 Å². The maximum Gasteiger partial charge on any atom is 0.227 e. The van der Waals surface area contributed by atoms with Gasteiger partial charge in [-0.1, -0.05) is 49.7 Å². The van der Waals surface area contributed by atoms with Crippen LogP contribution < -0.4 is 5.32 Å². The fraction of sp³-hybridized carbons (Fsp3) is 0.316. The van der Waals surface area contributed by atoms with Crippen molar-refractivity contribution in [3.63, 3.8) is 0 Å². The van der Waals surface area contributed by atoms with E-state index in [0.29, 0.717) is 17.0 Å². The molecular weight excluding hydrogens is 313 g/mol. The Morgan fingerprint density at radius 2 is 1.87 bits per heavy atom. The maximum atomic E-state index is 13.8. The van der Waals surface area contributed by atoms with Crippen molar-refractivity contribution in [1.82, 2.24) is 5.32 Å². The standard InChI is InChI=1S/C19H21ClFNO/c1-3-13-5-10-18(21)15(11-13)12-22-19(23)17(4-2)14-6-8-16(20)9-7-14/h5-11,17H,3-4,12H2,1-2H3,(H,22,23). The van der Waals surface area contributed by atoms with Crippen molar-refractivity contribution in [2.45, 2.75) is 39.2 Å². The molecule has 0 aliphatic rings. The Morgan fingerprint density at radius 1 is 1.17 bits per heavy atom. The van der Waals surface area contributed by atoms with Gasteiger partial charge in [-0.05, 0) is 42.2 Å². The number of halogens is 2. The maximum absolute atomic E-state index is 13.8. The molecule has 0 heterocycles. The highest BCUT2D eigenvalue weighted by molar-refractivity contribution is 6.30. The zero-order valence-corrected chi connectivity index (χ0v) is 14.2. The number of rotatable bonds is 6. The predicted octanol–water partition coefficient (Wildman–Crippen LogP) is 4.85. The minimum absolute atomic E-state index is 0.101. The van der Waals surface area contributed by atoms with Gasteiger partial charge in [-0.2, -0.15) is 0 Å². The molecule has 0 aromatic heterocycles. The molecule has 0 aliphatic carbocycles. The lowest BCUT2D eigenvalue weighted by Gasteiger charge is -2.16. The van der Waals surface area contributed by atoms with E-state index in [1.807, 2.05) is 26.0 Å². The van der Waals surface area contributed by atoms with Gasteiger partial charge in [-0.15, -0.1) is 0 Å². The van der Waals surface area contributed by atoms with Gasteiger partial charge < -0.3 is 5.32 Å². The summed E-state index contributed by atoms with van der Waals surface area (Å²) in [5, 5.41) is 3.48. The van der Waals surface area contributed by atoms with E-state index in [1.54, 1.807) is 24.3 Å². The van der Waals surface area contributed by atoms with E-state index in [4.69, 9.17) is 11.6 Å². The van der Waals surface area contributed by atoms with E-state index < -0.39 is 0 Å². The first-order valence-electron chi connectivity index (χ1n) is 7.85. The molecule has 1 atom stereocenters. The molecule has 122 valence electrons. The van der Waals surface area contributed by atoms with Crippen LogP contribution in [0.5, 0.6) is 0 Å². The van der Waals surface area contributed by atoms with E-state index in [9.17, 15) is 9.18 Å². The molecule has 0 spiro atoms. The highest BCUT2D eigenvalue weighted by Gasteiger charge is 2.18. The van der Waals surface area contributed by atoms with Crippen LogP contribution in [0.2, 0.25) is 5.02 Å². The van der Waals surface area contributed by atoms with Crippen molar-refractivity contribution in [3.8, 4) is 0 Å². The molecule has 4 heteroatoms. The summed E-state index contributed by atoms with van der Waals surface area (Å²) in [5.41, 5.74) is 2.49. The Kier molecular flexibility index (Phi) is 6.17. The Morgan fingerprint density at radius 3 is 2.48 bits per heavy atom. The molecule has 0 radical (unpaired) electrons. The molecule has 2 rings (SSSR count). The second-order valence-electron chi connectivity index (χ2n) is 5.51. The summed E-state index contributed by atoms with van der Waals surface area (Å²) in [6.07, 6.45) is 1.51. The number of nitrogens with one attached hydrogen (secondary N) is 1. The van der Waals surface area contributed by atoms with Crippen LogP contribution in [0, 0.1) is 5.82 Å². The SMILES string of the molecule is CCc1ccc(F)c(CNC(=O)C(CC)c2ccc(Cl)cc2)c1. The van der Waals surface area contributed by atoms with Crippen LogP contribution in [0.15, 0.2) is 42.5 Å². The highest BCUT2D eigenvalue weighted by Crippen LogP contribution is 2.22. The van der Waals surface area contributed by atoms with E-state index in [2.05, 4.69) is 5.32 Å². The van der Waals surface area contributed by atoms with Crippen molar-refractivity contribution in [1.29, 1.82) is 0 Å². The fourth-order valence-corrected chi connectivity index (χ4v) is 2.68. The normalized spacial score (nSPS) is 12.0. The molecule has 1 unspecified atom stereocenters. The smallest absolute Gasteiger partial charge is 0.227 e. The van der Waals surface area contributed by atoms with Gasteiger partial charge in [0.1, 0.15) is 5.82 Å². The minimum Gasteiger partial charge on any atom is -0.351 e. The number of carbonyl (C=O) groups excluding carboxylic acids is 1. The largest absolute Gasteiger partial charge is 0.351 e. The van der Waals surface area contributed by atoms with Gasteiger partial charge in [0.2, 0.25) is 5.91 Å². The van der Waals surface area contributed by atoms with E-state index in [-0.39, 0.29) is 24.2 Å². The summed E-state index contributed by atoms with van der Waals surface area (Å²) >= 11 is 5.88. The lowest BCUT2D eigenvalue weighted by molar-refractivity contribution is -0.122. The fourth-order valence-electron chi connectivity index (χ4n) is 2.56. The third-order valence-electron chi connectivity index (χ3n) is 3.97. The molecule has 23 heavy (non-hydrogen) atoms. The van der Waals surface area contributed by atoms with Gasteiger partial charge in [-0.25, -0.2) is 4.39 Å². The minimum atomic E-state index is -0.290. The van der Waals surface area contributed by atoms with E-state index in [1.165, 1.54) is 6.07 Å².